The molecule has 1 aromatic rings. The smallest absolute Gasteiger partial charge is 0.877 e. The third kappa shape index (κ3) is 5.02. The van der Waals surface area contributed by atoms with Crippen LogP contribution in [-0.2, 0) is 17.1 Å². The molecule has 15 heavy (non-hydrogen) atoms. The molecule has 0 atom stereocenters. The Labute approximate surface area is 101 Å². The Hall–Kier alpha value is -1.55. The van der Waals surface area contributed by atoms with Gasteiger partial charge in [0.25, 0.3) is 0 Å². The van der Waals surface area contributed by atoms with E-state index >= 15 is 0 Å². The minimum absolute atomic E-state index is 0. The fraction of sp³-hybridized carbons (Fsp3) is 0. The van der Waals surface area contributed by atoms with Crippen LogP contribution in [0.25, 0.3) is 0 Å². The molecule has 0 spiro atoms. The molecule has 2 heteroatoms. The molecule has 0 unspecified atom stereocenters. The fourth-order valence-electron chi connectivity index (χ4n) is 0.938. The summed E-state index contributed by atoms with van der Waals surface area (Å²) in [5.41, 5.74) is 1.71. The zero-order valence-electron chi connectivity index (χ0n) is 8.04. The van der Waals surface area contributed by atoms with Crippen LogP contribution in [-0.4, -0.2) is 0 Å². The first-order chi connectivity index (χ1) is 6.86. The zero-order chi connectivity index (χ0) is 10.2. The van der Waals surface area contributed by atoms with Crippen LogP contribution in [0.1, 0.15) is 5.56 Å². The summed E-state index contributed by atoms with van der Waals surface area (Å²) in [6, 6.07) is 7.66. The van der Waals surface area contributed by atoms with Gasteiger partial charge in [0.1, 0.15) is 0 Å². The topological polar surface area (TPSA) is 23.1 Å². The van der Waals surface area contributed by atoms with E-state index in [4.69, 9.17) is 6.42 Å². The van der Waals surface area contributed by atoms with E-state index in [2.05, 4.69) is 5.92 Å². The zero-order valence-corrected chi connectivity index (χ0v) is 9.14. The summed E-state index contributed by atoms with van der Waals surface area (Å²) in [6.45, 7) is 0. The van der Waals surface area contributed by atoms with Gasteiger partial charge in [-0.05, 0) is 5.57 Å². The second kappa shape index (κ2) is 7.82. The van der Waals surface area contributed by atoms with Crippen molar-refractivity contribution in [3.05, 3.63) is 66.0 Å². The van der Waals surface area contributed by atoms with Crippen molar-refractivity contribution in [1.82, 2.24) is 0 Å². The molecule has 1 aliphatic carbocycles. The number of rotatable bonds is 0. The van der Waals surface area contributed by atoms with Crippen LogP contribution in [0.5, 0.6) is 0 Å². The summed E-state index contributed by atoms with van der Waals surface area (Å²) in [5.74, 6) is 2.51. The van der Waals surface area contributed by atoms with Gasteiger partial charge in [-0.15, -0.1) is 17.9 Å². The van der Waals surface area contributed by atoms with E-state index in [9.17, 15) is 5.11 Å². The maximum Gasteiger partial charge on any atom is 2.00 e. The van der Waals surface area contributed by atoms with Crippen LogP contribution in [0, 0.1) is 12.3 Å². The Morgan fingerprint density at radius 1 is 1.33 bits per heavy atom. The summed E-state index contributed by atoms with van der Waals surface area (Å²) in [5, 5.41) is 9.87. The third-order valence-corrected chi connectivity index (χ3v) is 1.65. The third-order valence-electron chi connectivity index (χ3n) is 1.65. The average molecular weight is 238 g/mol. The first-order valence-electron chi connectivity index (χ1n) is 4.22. The van der Waals surface area contributed by atoms with E-state index in [-0.39, 0.29) is 17.1 Å². The molecule has 0 saturated heterocycles. The van der Waals surface area contributed by atoms with Crippen LogP contribution >= 0.6 is 0 Å². The van der Waals surface area contributed by atoms with Crippen molar-refractivity contribution in [2.75, 3.05) is 0 Å². The Morgan fingerprint density at radius 2 is 2.00 bits per heavy atom. The Balaban J connectivity index is 0.000000245. The number of hydrogen-bond donors (Lipinski definition) is 0. The molecule has 1 aromatic carbocycles. The number of terminal acetylenes is 1. The molecular formula is C13H10FeO. The van der Waals surface area contributed by atoms with E-state index in [0.717, 1.165) is 17.4 Å². The molecule has 2 rings (SSSR count). The van der Waals surface area contributed by atoms with Crippen molar-refractivity contribution in [2.24, 2.45) is 0 Å². The van der Waals surface area contributed by atoms with Crippen molar-refractivity contribution in [3.63, 3.8) is 0 Å². The van der Waals surface area contributed by atoms with Gasteiger partial charge in [0.15, 0.2) is 0 Å². The second-order valence-electron chi connectivity index (χ2n) is 2.65. The van der Waals surface area contributed by atoms with Crippen LogP contribution in [0.4, 0.5) is 0 Å². The molecule has 0 aromatic heterocycles. The van der Waals surface area contributed by atoms with Gasteiger partial charge in [0.2, 0.25) is 0 Å². The van der Waals surface area contributed by atoms with Gasteiger partial charge < -0.3 is 5.11 Å². The first kappa shape index (κ1) is 13.4. The molecule has 0 amide bonds. The Bertz CT molecular complexity index is 375. The molecule has 0 fully saturated rings. The largest absolute Gasteiger partial charge is 2.00 e. The van der Waals surface area contributed by atoms with Gasteiger partial charge in [-0.25, -0.2) is 0 Å². The summed E-state index contributed by atoms with van der Waals surface area (Å²) in [6.07, 6.45) is 13.1. The van der Waals surface area contributed by atoms with Gasteiger partial charge in [-0.3, -0.25) is 0 Å². The molecule has 0 saturated carbocycles. The van der Waals surface area contributed by atoms with E-state index in [1.807, 2.05) is 36.4 Å². The van der Waals surface area contributed by atoms with E-state index < -0.39 is 0 Å². The monoisotopic (exact) mass is 238 g/mol. The minimum atomic E-state index is 0. The van der Waals surface area contributed by atoms with E-state index in [1.54, 1.807) is 12.2 Å². The van der Waals surface area contributed by atoms with Gasteiger partial charge in [0.05, 0.1) is 0 Å². The first-order valence-corrected chi connectivity index (χ1v) is 4.22. The van der Waals surface area contributed by atoms with Crippen molar-refractivity contribution in [2.45, 2.75) is 0 Å². The number of hydrogen-bond acceptors (Lipinski definition) is 1. The standard InChI is InChI=1S/C7H5.C6H6O.Fe/c1-2-7-5-3-4-6-7;7-5-6-3-1-2-4-6;/h1,3-6H;1-5,7H;/q-1;;+2/p-1. The molecular weight excluding hydrogens is 228 g/mol. The van der Waals surface area contributed by atoms with Crippen molar-refractivity contribution < 1.29 is 22.2 Å². The molecule has 0 N–H and O–H groups in total. The van der Waals surface area contributed by atoms with Crippen LogP contribution in [0.2, 0.25) is 0 Å². The summed E-state index contributed by atoms with van der Waals surface area (Å²) in [7, 11) is 0. The van der Waals surface area contributed by atoms with Crippen LogP contribution in [0.3, 0.4) is 0 Å². The Morgan fingerprint density at radius 3 is 2.27 bits per heavy atom. The molecule has 76 valence electrons. The quantitative estimate of drug-likeness (QED) is 0.292. The predicted molar refractivity (Wildman–Crippen MR) is 56.3 cm³/mol. The summed E-state index contributed by atoms with van der Waals surface area (Å²) >= 11 is 0. The fourth-order valence-corrected chi connectivity index (χ4v) is 0.938. The van der Waals surface area contributed by atoms with Gasteiger partial charge in [0, 0.05) is 0 Å². The van der Waals surface area contributed by atoms with Gasteiger partial charge in [-0.1, -0.05) is 24.3 Å². The normalized spacial score (nSPS) is 11.0. The van der Waals surface area contributed by atoms with Crippen LogP contribution < -0.4 is 5.11 Å². The maximum absolute atomic E-state index is 9.87. The van der Waals surface area contributed by atoms with Crippen molar-refractivity contribution >= 4 is 0 Å². The minimum Gasteiger partial charge on any atom is -0.877 e. The van der Waals surface area contributed by atoms with Crippen molar-refractivity contribution in [3.8, 4) is 12.3 Å². The molecule has 1 nitrogen and oxygen atoms in total. The van der Waals surface area contributed by atoms with E-state index in [1.165, 1.54) is 0 Å². The predicted octanol–water partition coefficient (Wildman–Crippen LogP) is 1.74. The number of allylic oxidation sites excluding steroid dienone is 5. The molecule has 0 aliphatic heterocycles. The van der Waals surface area contributed by atoms with Gasteiger partial charge >= 0.3 is 17.1 Å². The van der Waals surface area contributed by atoms with Crippen LogP contribution in [0.15, 0.2) is 60.4 Å². The SMILES string of the molecule is C#Cc1ccc[cH-]1.[Fe+2].[O-]C=C1C=CC=C1. The molecule has 0 radical (unpaired) electrons. The van der Waals surface area contributed by atoms with Crippen molar-refractivity contribution in [1.29, 1.82) is 0 Å². The molecule has 0 bridgehead atoms. The summed E-state index contributed by atoms with van der Waals surface area (Å²) < 4.78 is 0. The van der Waals surface area contributed by atoms with Gasteiger partial charge in [-0.2, -0.15) is 30.5 Å². The average Bonchev–Trinajstić information content (AvgIpc) is 2.92. The van der Waals surface area contributed by atoms with E-state index in [0.29, 0.717) is 0 Å². The molecule has 0 heterocycles. The molecule has 1 aliphatic rings. The second-order valence-corrected chi connectivity index (χ2v) is 2.65. The summed E-state index contributed by atoms with van der Waals surface area (Å²) in [4.78, 5) is 0. The Kier molecular flexibility index (Phi) is 7.01. The maximum atomic E-state index is 9.87.